The average Bonchev–Trinajstić information content (AvgIpc) is 2.73. The highest BCUT2D eigenvalue weighted by Crippen LogP contribution is 2.24. The van der Waals surface area contributed by atoms with Gasteiger partial charge in [0.2, 0.25) is 0 Å². The third-order valence-electron chi connectivity index (χ3n) is 4.16. The average molecular weight is 360 g/mol. The van der Waals surface area contributed by atoms with E-state index in [2.05, 4.69) is 10.5 Å². The van der Waals surface area contributed by atoms with Crippen LogP contribution in [0.25, 0.3) is 22.3 Å². The van der Waals surface area contributed by atoms with Crippen LogP contribution in [0.3, 0.4) is 0 Å². The summed E-state index contributed by atoms with van der Waals surface area (Å²) < 4.78 is 24.9. The summed E-state index contributed by atoms with van der Waals surface area (Å²) in [6.07, 6.45) is 0. The van der Waals surface area contributed by atoms with Gasteiger partial charge >= 0.3 is 0 Å². The summed E-state index contributed by atoms with van der Waals surface area (Å²) in [4.78, 5) is 0. The predicted octanol–water partition coefficient (Wildman–Crippen LogP) is 5.18. The second-order valence-corrected chi connectivity index (χ2v) is 5.95. The number of anilines is 1. The Morgan fingerprint density at radius 1 is 0.926 bits per heavy atom. The first-order chi connectivity index (χ1) is 13.2. The first-order valence-corrected chi connectivity index (χ1v) is 8.45. The van der Waals surface area contributed by atoms with E-state index in [1.807, 2.05) is 54.6 Å². The highest BCUT2D eigenvalue weighted by Gasteiger charge is 2.07. The summed E-state index contributed by atoms with van der Waals surface area (Å²) in [6.45, 7) is 0. The molecular formula is C22H17FN2O2. The molecule has 4 rings (SSSR count). The van der Waals surface area contributed by atoms with Crippen LogP contribution < -0.4 is 15.5 Å². The summed E-state index contributed by atoms with van der Waals surface area (Å²) in [6, 6.07) is 23.3. The van der Waals surface area contributed by atoms with Gasteiger partial charge in [-0.05, 0) is 54.6 Å². The van der Waals surface area contributed by atoms with Gasteiger partial charge in [0.25, 0.3) is 0 Å². The van der Waals surface area contributed by atoms with Crippen LogP contribution in [0.15, 0.2) is 88.4 Å². The molecule has 0 spiro atoms. The lowest BCUT2D eigenvalue weighted by Gasteiger charge is -2.07. The molecule has 1 heterocycles. The van der Waals surface area contributed by atoms with Gasteiger partial charge < -0.3 is 9.15 Å². The fourth-order valence-electron chi connectivity index (χ4n) is 2.77. The Bertz CT molecular complexity index is 1140. The van der Waals surface area contributed by atoms with Crippen LogP contribution in [-0.2, 0) is 0 Å². The Labute approximate surface area is 155 Å². The lowest BCUT2D eigenvalue weighted by atomic mass is 10.1. The number of halogens is 1. The van der Waals surface area contributed by atoms with Crippen LogP contribution in [0.5, 0.6) is 5.75 Å². The molecule has 0 amide bonds. The zero-order valence-electron chi connectivity index (χ0n) is 14.6. The van der Waals surface area contributed by atoms with Crippen molar-refractivity contribution in [3.63, 3.8) is 0 Å². The van der Waals surface area contributed by atoms with Gasteiger partial charge in [0.1, 0.15) is 22.9 Å². The number of ether oxygens (including phenoxy) is 1. The largest absolute Gasteiger partial charge is 0.497 e. The number of methoxy groups -OCH3 is 1. The van der Waals surface area contributed by atoms with Crippen LogP contribution >= 0.6 is 0 Å². The molecule has 0 fully saturated rings. The fraction of sp³-hybridized carbons (Fsp3) is 0.0455. The van der Waals surface area contributed by atoms with Crippen LogP contribution in [-0.4, -0.2) is 7.11 Å². The van der Waals surface area contributed by atoms with E-state index in [-0.39, 0.29) is 5.82 Å². The van der Waals surface area contributed by atoms with Gasteiger partial charge in [-0.15, -0.1) is 0 Å². The topological polar surface area (TPSA) is 46.8 Å². The van der Waals surface area contributed by atoms with Crippen molar-refractivity contribution in [2.24, 2.45) is 5.10 Å². The number of fused-ring (bicyclic) bond motifs is 1. The van der Waals surface area contributed by atoms with Crippen molar-refractivity contribution in [3.8, 4) is 17.1 Å². The summed E-state index contributed by atoms with van der Waals surface area (Å²) in [7, 11) is 1.62. The second kappa shape index (κ2) is 7.33. The van der Waals surface area contributed by atoms with E-state index < -0.39 is 0 Å². The van der Waals surface area contributed by atoms with E-state index in [4.69, 9.17) is 9.15 Å². The maximum absolute atomic E-state index is 13.8. The van der Waals surface area contributed by atoms with Gasteiger partial charge in [-0.2, -0.15) is 5.10 Å². The Hall–Kier alpha value is -3.60. The maximum Gasteiger partial charge on any atom is 0.137 e. The lowest BCUT2D eigenvalue weighted by Crippen LogP contribution is -2.07. The Morgan fingerprint density at radius 2 is 1.70 bits per heavy atom. The van der Waals surface area contributed by atoms with Crippen molar-refractivity contribution in [2.45, 2.75) is 0 Å². The molecule has 5 heteroatoms. The highest BCUT2D eigenvalue weighted by atomic mass is 19.1. The number of hydrogen-bond donors (Lipinski definition) is 1. The SMILES string of the molecule is COc1ccc(-c2cc(=NNc3ccccc3)c3cc(F)ccc3o2)cc1. The Balaban J connectivity index is 1.85. The molecule has 1 N–H and O–H groups in total. The predicted molar refractivity (Wildman–Crippen MR) is 104 cm³/mol. The molecule has 0 aliphatic rings. The molecule has 1 aromatic heterocycles. The minimum absolute atomic E-state index is 0.342. The number of para-hydroxylation sites is 1. The smallest absolute Gasteiger partial charge is 0.137 e. The monoisotopic (exact) mass is 360 g/mol. The molecule has 0 atom stereocenters. The van der Waals surface area contributed by atoms with Gasteiger partial charge in [0.05, 0.1) is 18.2 Å². The lowest BCUT2D eigenvalue weighted by molar-refractivity contribution is 0.415. The maximum atomic E-state index is 13.8. The van der Waals surface area contributed by atoms with E-state index in [9.17, 15) is 4.39 Å². The van der Waals surface area contributed by atoms with E-state index in [0.717, 1.165) is 17.0 Å². The molecule has 0 aliphatic carbocycles. The van der Waals surface area contributed by atoms with Gasteiger partial charge in [0, 0.05) is 17.0 Å². The van der Waals surface area contributed by atoms with Crippen molar-refractivity contribution >= 4 is 16.7 Å². The first-order valence-electron chi connectivity index (χ1n) is 8.45. The standard InChI is InChI=1S/C22H17FN2O2/c1-26-18-10-7-15(8-11-18)22-14-20(25-24-17-5-3-2-4-6-17)19-13-16(23)9-12-21(19)27-22/h2-14,24H,1H3. The molecule has 4 aromatic rings. The molecule has 0 bridgehead atoms. The van der Waals surface area contributed by atoms with Gasteiger partial charge in [-0.3, -0.25) is 5.43 Å². The Morgan fingerprint density at radius 3 is 2.44 bits per heavy atom. The van der Waals surface area contributed by atoms with Gasteiger partial charge in [-0.1, -0.05) is 18.2 Å². The molecule has 0 aliphatic heterocycles. The zero-order chi connectivity index (χ0) is 18.6. The number of hydrogen-bond acceptors (Lipinski definition) is 4. The molecule has 0 saturated heterocycles. The number of nitrogens with zero attached hydrogens (tertiary/aromatic N) is 1. The zero-order valence-corrected chi connectivity index (χ0v) is 14.6. The molecule has 4 nitrogen and oxygen atoms in total. The molecule has 134 valence electrons. The van der Waals surface area contributed by atoms with Crippen molar-refractivity contribution in [2.75, 3.05) is 12.5 Å². The van der Waals surface area contributed by atoms with Gasteiger partial charge in [-0.25, -0.2) is 4.39 Å². The third-order valence-corrected chi connectivity index (χ3v) is 4.16. The fourth-order valence-corrected chi connectivity index (χ4v) is 2.77. The second-order valence-electron chi connectivity index (χ2n) is 5.95. The van der Waals surface area contributed by atoms with E-state index >= 15 is 0 Å². The van der Waals surface area contributed by atoms with Crippen LogP contribution in [0.2, 0.25) is 0 Å². The summed E-state index contributed by atoms with van der Waals surface area (Å²) in [5.41, 5.74) is 5.28. The molecule has 27 heavy (non-hydrogen) atoms. The van der Waals surface area contributed by atoms with Crippen molar-refractivity contribution in [3.05, 3.63) is 90.0 Å². The van der Waals surface area contributed by atoms with Crippen LogP contribution in [0.1, 0.15) is 0 Å². The third kappa shape index (κ3) is 3.67. The summed E-state index contributed by atoms with van der Waals surface area (Å²) in [5, 5.41) is 5.65. The summed E-state index contributed by atoms with van der Waals surface area (Å²) in [5.74, 6) is 1.05. The molecule has 3 aromatic carbocycles. The van der Waals surface area contributed by atoms with Crippen molar-refractivity contribution < 1.29 is 13.5 Å². The molecule has 0 radical (unpaired) electrons. The van der Waals surface area contributed by atoms with E-state index in [0.29, 0.717) is 22.1 Å². The molecular weight excluding hydrogens is 343 g/mol. The van der Waals surface area contributed by atoms with Crippen LogP contribution in [0, 0.1) is 5.82 Å². The number of rotatable bonds is 4. The van der Waals surface area contributed by atoms with E-state index in [1.165, 1.54) is 12.1 Å². The first kappa shape index (κ1) is 16.8. The van der Waals surface area contributed by atoms with E-state index in [1.54, 1.807) is 19.2 Å². The molecule has 0 unspecified atom stereocenters. The van der Waals surface area contributed by atoms with Crippen molar-refractivity contribution in [1.82, 2.24) is 0 Å². The quantitative estimate of drug-likeness (QED) is 0.510. The minimum Gasteiger partial charge on any atom is -0.497 e. The summed E-state index contributed by atoms with van der Waals surface area (Å²) >= 11 is 0. The van der Waals surface area contributed by atoms with Crippen LogP contribution in [0.4, 0.5) is 10.1 Å². The number of nitrogens with one attached hydrogen (secondary N) is 1. The van der Waals surface area contributed by atoms with Gasteiger partial charge in [0.15, 0.2) is 0 Å². The Kier molecular flexibility index (Phi) is 4.58. The molecule has 0 saturated carbocycles. The highest BCUT2D eigenvalue weighted by molar-refractivity contribution is 5.78. The minimum atomic E-state index is -0.342. The normalized spacial score (nSPS) is 11.6. The number of benzene rings is 3. The van der Waals surface area contributed by atoms with Crippen molar-refractivity contribution in [1.29, 1.82) is 0 Å².